The molecule has 0 spiro atoms. The first-order chi connectivity index (χ1) is 13.2. The van der Waals surface area contributed by atoms with Gasteiger partial charge in [-0.25, -0.2) is 0 Å². The van der Waals surface area contributed by atoms with Gasteiger partial charge >= 0.3 is 0 Å². The van der Waals surface area contributed by atoms with Gasteiger partial charge in [-0.3, -0.25) is 9.69 Å². The third-order valence-electron chi connectivity index (χ3n) is 5.39. The van der Waals surface area contributed by atoms with Gasteiger partial charge in [0.1, 0.15) is 0 Å². The number of likely N-dealkylation sites (N-methyl/N-ethyl adjacent to an activating group) is 1. The van der Waals surface area contributed by atoms with Crippen molar-refractivity contribution in [1.82, 2.24) is 15.1 Å². The van der Waals surface area contributed by atoms with Crippen molar-refractivity contribution in [2.75, 3.05) is 39.0 Å². The Morgan fingerprint density at radius 1 is 1.19 bits per heavy atom. The summed E-state index contributed by atoms with van der Waals surface area (Å²) in [7, 11) is 6.22. The minimum atomic E-state index is 0.188. The number of hydrogen-bond acceptors (Lipinski definition) is 5. The summed E-state index contributed by atoms with van der Waals surface area (Å²) in [4.78, 5) is 17.0. The molecule has 1 amide bonds. The second-order valence-electron chi connectivity index (χ2n) is 7.75. The summed E-state index contributed by atoms with van der Waals surface area (Å²) in [6.07, 6.45) is 5.44. The zero-order valence-corrected chi connectivity index (χ0v) is 18.1. The molecule has 4 nitrogen and oxygen atoms in total. The molecule has 0 aliphatic carbocycles. The molecule has 0 aromatic heterocycles. The molecule has 3 rings (SSSR count). The molecule has 2 aliphatic heterocycles. The summed E-state index contributed by atoms with van der Waals surface area (Å²) in [6, 6.07) is 8.67. The molecule has 1 unspecified atom stereocenters. The Morgan fingerprint density at radius 3 is 2.78 bits per heavy atom. The van der Waals surface area contributed by atoms with Crippen LogP contribution >= 0.6 is 21.6 Å². The molecular formula is C21H33N3OS2. The van der Waals surface area contributed by atoms with Gasteiger partial charge < -0.3 is 10.2 Å². The minimum Gasteiger partial charge on any atom is -0.352 e. The summed E-state index contributed by atoms with van der Waals surface area (Å²) in [5, 5.41) is 3.92. The van der Waals surface area contributed by atoms with Gasteiger partial charge in [-0.15, -0.1) is 0 Å². The number of carbonyl (C=O) groups excluding carboxylic acids is 1. The van der Waals surface area contributed by atoms with Crippen LogP contribution in [0.4, 0.5) is 0 Å². The van der Waals surface area contributed by atoms with E-state index in [-0.39, 0.29) is 5.91 Å². The number of hydrogen-bond donors (Lipinski definition) is 1. The van der Waals surface area contributed by atoms with E-state index in [0.717, 1.165) is 44.4 Å². The Hall–Kier alpha value is -0.690. The van der Waals surface area contributed by atoms with Crippen LogP contribution in [0.2, 0.25) is 0 Å². The van der Waals surface area contributed by atoms with E-state index < -0.39 is 0 Å². The first-order valence-electron chi connectivity index (χ1n) is 10.2. The molecule has 1 aromatic rings. The van der Waals surface area contributed by atoms with Gasteiger partial charge in [0.2, 0.25) is 5.91 Å². The number of nitrogens with one attached hydrogen (secondary N) is 1. The van der Waals surface area contributed by atoms with Crippen molar-refractivity contribution in [2.45, 2.75) is 50.4 Å². The second-order valence-corrected chi connectivity index (χ2v) is 10.5. The molecular weight excluding hydrogens is 374 g/mol. The molecule has 2 aliphatic rings. The minimum absolute atomic E-state index is 0.188. The molecule has 2 heterocycles. The van der Waals surface area contributed by atoms with Gasteiger partial charge in [-0.1, -0.05) is 52.3 Å². The quantitative estimate of drug-likeness (QED) is 0.498. The van der Waals surface area contributed by atoms with Crippen LogP contribution in [-0.4, -0.2) is 59.9 Å². The van der Waals surface area contributed by atoms with Gasteiger partial charge in [0.15, 0.2) is 0 Å². The number of nitrogens with zero attached hydrogens (tertiary/aromatic N) is 2. The Morgan fingerprint density at radius 2 is 2.00 bits per heavy atom. The average molecular weight is 408 g/mol. The van der Waals surface area contributed by atoms with Crippen molar-refractivity contribution < 1.29 is 4.79 Å². The van der Waals surface area contributed by atoms with E-state index in [1.54, 1.807) is 0 Å². The van der Waals surface area contributed by atoms with Crippen LogP contribution in [0, 0.1) is 0 Å². The Bertz CT molecular complexity index is 585. The zero-order valence-electron chi connectivity index (χ0n) is 16.5. The first-order valence-corrected chi connectivity index (χ1v) is 12.6. The van der Waals surface area contributed by atoms with E-state index in [0.29, 0.717) is 13.0 Å². The molecule has 0 radical (unpaired) electrons. The highest BCUT2D eigenvalue weighted by Gasteiger charge is 2.16. The van der Waals surface area contributed by atoms with Crippen LogP contribution < -0.4 is 5.32 Å². The van der Waals surface area contributed by atoms with Crippen molar-refractivity contribution in [3.63, 3.8) is 0 Å². The Kier molecular flexibility index (Phi) is 8.84. The summed E-state index contributed by atoms with van der Waals surface area (Å²) in [6.45, 7) is 6.21. The predicted molar refractivity (Wildman–Crippen MR) is 118 cm³/mol. The fraction of sp³-hybridized carbons (Fsp3) is 0.667. The van der Waals surface area contributed by atoms with Crippen LogP contribution in [0.5, 0.6) is 0 Å². The van der Waals surface area contributed by atoms with Gasteiger partial charge in [0.05, 0.1) is 0 Å². The molecule has 0 bridgehead atoms. The van der Waals surface area contributed by atoms with E-state index >= 15 is 0 Å². The van der Waals surface area contributed by atoms with Crippen LogP contribution in [0.3, 0.4) is 0 Å². The third-order valence-corrected chi connectivity index (χ3v) is 8.40. The zero-order chi connectivity index (χ0) is 18.9. The Labute approximate surface area is 172 Å². The van der Waals surface area contributed by atoms with Crippen LogP contribution in [0.15, 0.2) is 24.3 Å². The predicted octanol–water partition coefficient (Wildman–Crippen LogP) is 3.76. The summed E-state index contributed by atoms with van der Waals surface area (Å²) in [5.74, 6) is 1.48. The topological polar surface area (TPSA) is 35.6 Å². The highest BCUT2D eigenvalue weighted by Crippen LogP contribution is 2.39. The maximum Gasteiger partial charge on any atom is 0.220 e. The van der Waals surface area contributed by atoms with E-state index in [4.69, 9.17) is 0 Å². The maximum absolute atomic E-state index is 12.1. The Balaban J connectivity index is 1.33. The van der Waals surface area contributed by atoms with E-state index in [2.05, 4.69) is 46.4 Å². The molecule has 0 saturated carbocycles. The number of unbranched alkanes of at least 4 members (excludes halogenated alkanes) is 1. The van der Waals surface area contributed by atoms with Gasteiger partial charge in [-0.05, 0) is 37.4 Å². The van der Waals surface area contributed by atoms with E-state index in [9.17, 15) is 4.79 Å². The number of benzene rings is 1. The van der Waals surface area contributed by atoms with Gasteiger partial charge in [0.25, 0.3) is 0 Å². The smallest absolute Gasteiger partial charge is 0.220 e. The molecule has 1 N–H and O–H groups in total. The van der Waals surface area contributed by atoms with E-state index in [1.165, 1.54) is 36.1 Å². The van der Waals surface area contributed by atoms with Crippen molar-refractivity contribution in [3.8, 4) is 0 Å². The van der Waals surface area contributed by atoms with Crippen molar-refractivity contribution in [1.29, 1.82) is 0 Å². The molecule has 150 valence electrons. The maximum atomic E-state index is 12.1. The highest BCUT2D eigenvalue weighted by atomic mass is 33.1. The van der Waals surface area contributed by atoms with Gasteiger partial charge in [-0.2, -0.15) is 0 Å². The highest BCUT2D eigenvalue weighted by molar-refractivity contribution is 8.77. The fourth-order valence-electron chi connectivity index (χ4n) is 3.61. The lowest BCUT2D eigenvalue weighted by Crippen LogP contribution is -2.43. The van der Waals surface area contributed by atoms with Crippen LogP contribution in [0.1, 0.15) is 43.2 Å². The average Bonchev–Trinajstić information content (AvgIpc) is 3.19. The first kappa shape index (κ1) is 21.0. The van der Waals surface area contributed by atoms with Crippen molar-refractivity contribution >= 4 is 27.5 Å². The largest absolute Gasteiger partial charge is 0.352 e. The molecule has 1 aromatic carbocycles. The van der Waals surface area contributed by atoms with Crippen molar-refractivity contribution in [3.05, 3.63) is 35.4 Å². The number of amides is 1. The van der Waals surface area contributed by atoms with Crippen LogP contribution in [-0.2, 0) is 17.9 Å². The van der Waals surface area contributed by atoms with E-state index in [1.807, 2.05) is 21.6 Å². The lowest BCUT2D eigenvalue weighted by molar-refractivity contribution is -0.121. The van der Waals surface area contributed by atoms with Gasteiger partial charge in [0, 0.05) is 56.7 Å². The van der Waals surface area contributed by atoms with Crippen LogP contribution in [0.25, 0.3) is 0 Å². The normalized spacial score (nSPS) is 21.4. The summed E-state index contributed by atoms with van der Waals surface area (Å²) >= 11 is 0. The van der Waals surface area contributed by atoms with Crippen molar-refractivity contribution in [2.24, 2.45) is 0 Å². The monoisotopic (exact) mass is 407 g/mol. The summed E-state index contributed by atoms with van der Waals surface area (Å²) in [5.41, 5.74) is 2.55. The molecule has 2 fully saturated rings. The molecule has 27 heavy (non-hydrogen) atoms. The lowest BCUT2D eigenvalue weighted by Gasteiger charge is -2.32. The molecule has 1 atom stereocenters. The number of piperazine rings is 1. The summed E-state index contributed by atoms with van der Waals surface area (Å²) < 4.78 is 0. The molecule has 2 saturated heterocycles. The SMILES string of the molecule is CN1CCN(Cc2cccc(CNC(=O)CCCCC3CCSS3)c2)CC1. The lowest BCUT2D eigenvalue weighted by atomic mass is 10.1. The second kappa shape index (κ2) is 11.3. The standard InChI is InChI=1S/C21H33N3OS2/c1-23-10-12-24(13-11-23)17-19-6-4-5-18(15-19)16-22-21(25)8-3-2-7-20-9-14-26-27-20/h4-6,15,20H,2-3,7-14,16-17H2,1H3,(H,22,25). The fourth-order valence-corrected chi connectivity index (χ4v) is 6.64. The number of rotatable bonds is 9. The third kappa shape index (κ3) is 7.68. The molecule has 6 heteroatoms. The number of carbonyl (C=O) groups is 1.